The number of aliphatic carboxylic acids is 1. The maximum atomic E-state index is 14.2. The number of hydrogen-bond donors (Lipinski definition) is 2. The Morgan fingerprint density at radius 2 is 2.00 bits per heavy atom. The fourth-order valence-electron chi connectivity index (χ4n) is 4.08. The topological polar surface area (TPSA) is 95.9 Å². The minimum absolute atomic E-state index is 0.0387. The van der Waals surface area contributed by atoms with E-state index in [1.165, 1.54) is 18.2 Å². The number of nitrogens with zero attached hydrogens (tertiary/aromatic N) is 1. The predicted octanol–water partition coefficient (Wildman–Crippen LogP) is 4.52. The highest BCUT2D eigenvalue weighted by atomic mass is 19.1. The summed E-state index contributed by atoms with van der Waals surface area (Å²) in [6.45, 7) is 10.0. The number of alkyl carbamates (subject to hydrolysis) is 1. The normalized spacial score (nSPS) is 18.4. The first kappa shape index (κ1) is 25.2. The molecule has 0 saturated carbocycles. The fourth-order valence-corrected chi connectivity index (χ4v) is 4.08. The summed E-state index contributed by atoms with van der Waals surface area (Å²) >= 11 is 0. The summed E-state index contributed by atoms with van der Waals surface area (Å²) < 4.78 is 19.6. The van der Waals surface area contributed by atoms with Crippen molar-refractivity contribution in [3.05, 3.63) is 64.8 Å². The maximum absolute atomic E-state index is 14.2. The van der Waals surface area contributed by atoms with Crippen LogP contribution in [-0.2, 0) is 14.3 Å². The van der Waals surface area contributed by atoms with E-state index in [9.17, 15) is 23.9 Å². The summed E-state index contributed by atoms with van der Waals surface area (Å²) in [5.41, 5.74) is 2.35. The van der Waals surface area contributed by atoms with E-state index in [1.54, 1.807) is 32.9 Å². The van der Waals surface area contributed by atoms with E-state index in [4.69, 9.17) is 4.74 Å². The van der Waals surface area contributed by atoms with Crippen LogP contribution in [0, 0.1) is 17.7 Å². The van der Waals surface area contributed by atoms with Crippen molar-refractivity contribution in [1.82, 2.24) is 10.2 Å². The van der Waals surface area contributed by atoms with E-state index in [0.717, 1.165) is 0 Å². The van der Waals surface area contributed by atoms with Crippen molar-refractivity contribution in [2.45, 2.75) is 46.6 Å². The molecule has 1 aromatic carbocycles. The molecule has 1 heterocycles. The molecular weight excluding hydrogens is 439 g/mol. The second-order valence-corrected chi connectivity index (χ2v) is 9.93. The summed E-state index contributed by atoms with van der Waals surface area (Å²) in [5, 5.41) is 12.3. The van der Waals surface area contributed by atoms with Gasteiger partial charge in [-0.05, 0) is 55.5 Å². The Hall–Kier alpha value is -3.42. The summed E-state index contributed by atoms with van der Waals surface area (Å²) in [6, 6.07) is 6.00. The molecule has 34 heavy (non-hydrogen) atoms. The summed E-state index contributed by atoms with van der Waals surface area (Å²) in [7, 11) is 0. The number of ketones is 1. The third kappa shape index (κ3) is 5.92. The number of allylic oxidation sites excluding steroid dienone is 3. The van der Waals surface area contributed by atoms with Gasteiger partial charge < -0.3 is 20.1 Å². The van der Waals surface area contributed by atoms with E-state index < -0.39 is 35.2 Å². The molecule has 7 nitrogen and oxygen atoms in total. The molecule has 1 atom stereocenters. The van der Waals surface area contributed by atoms with Crippen LogP contribution in [0.3, 0.4) is 0 Å². The average molecular weight is 471 g/mol. The van der Waals surface area contributed by atoms with Crippen LogP contribution in [-0.4, -0.2) is 46.5 Å². The zero-order valence-electron chi connectivity index (χ0n) is 20.1. The largest absolute Gasteiger partial charge is 0.480 e. The lowest BCUT2D eigenvalue weighted by Crippen LogP contribution is -2.39. The number of hydrogen-bond acceptors (Lipinski definition) is 5. The number of carbonyl (C=O) groups excluding carboxylic acids is 2. The first-order valence-electron chi connectivity index (χ1n) is 11.3. The van der Waals surface area contributed by atoms with Crippen LogP contribution >= 0.6 is 0 Å². The zero-order chi connectivity index (χ0) is 25.2. The number of nitrogens with one attached hydrogen (secondary N) is 1. The Labute approximate surface area is 199 Å². The van der Waals surface area contributed by atoms with E-state index in [2.05, 4.69) is 5.32 Å². The Morgan fingerprint density at radius 1 is 1.29 bits per heavy atom. The second-order valence-electron chi connectivity index (χ2n) is 9.93. The van der Waals surface area contributed by atoms with Crippen LogP contribution in [0.25, 0.3) is 5.57 Å². The Bertz CT molecular complexity index is 1090. The molecule has 0 spiro atoms. The Kier molecular flexibility index (Phi) is 7.29. The minimum atomic E-state index is -1.28. The molecule has 2 aliphatic rings. The molecule has 1 unspecified atom stereocenters. The van der Waals surface area contributed by atoms with Crippen molar-refractivity contribution in [2.24, 2.45) is 11.8 Å². The van der Waals surface area contributed by atoms with Crippen LogP contribution in [0.5, 0.6) is 0 Å². The van der Waals surface area contributed by atoms with Crippen molar-refractivity contribution < 1.29 is 28.6 Å². The van der Waals surface area contributed by atoms with Crippen LogP contribution in [0.2, 0.25) is 0 Å². The van der Waals surface area contributed by atoms with Crippen molar-refractivity contribution in [2.75, 3.05) is 13.1 Å². The lowest BCUT2D eigenvalue weighted by molar-refractivity contribution is -0.144. The van der Waals surface area contributed by atoms with Gasteiger partial charge in [-0.1, -0.05) is 32.1 Å². The number of amides is 1. The SMILES string of the molecule is CC(C)CN1C=C2CC(=O)C(C(=O)O)C=C2C(c2cccc(F)c2)=C1CNC(=O)OC(C)(C)C. The average Bonchev–Trinajstić information content (AvgIpc) is 2.69. The van der Waals surface area contributed by atoms with Crippen molar-refractivity contribution in [1.29, 1.82) is 0 Å². The molecule has 1 aliphatic carbocycles. The standard InChI is InChI=1S/C26H31FN2O5/c1-15(2)13-29-14-17-10-22(30)20(24(31)32)11-19(17)23(16-7-6-8-18(27)9-16)21(29)12-28-25(33)34-26(3,4)5/h6-9,11,14-15,20H,10,12-13H2,1-5H3,(H,28,33)(H,31,32). The molecular formula is C26H31FN2O5. The molecule has 0 bridgehead atoms. The van der Waals surface area contributed by atoms with Gasteiger partial charge in [-0.15, -0.1) is 0 Å². The van der Waals surface area contributed by atoms with Gasteiger partial charge in [0, 0.05) is 30.4 Å². The molecule has 0 fully saturated rings. The van der Waals surface area contributed by atoms with Gasteiger partial charge in [0.1, 0.15) is 17.3 Å². The first-order chi connectivity index (χ1) is 15.9. The smallest absolute Gasteiger partial charge is 0.407 e. The highest BCUT2D eigenvalue weighted by molar-refractivity contribution is 6.05. The molecule has 0 aromatic heterocycles. The highest BCUT2D eigenvalue weighted by Gasteiger charge is 2.36. The number of rotatable bonds is 6. The van der Waals surface area contributed by atoms with Gasteiger partial charge in [0.15, 0.2) is 5.78 Å². The number of benzene rings is 1. The maximum Gasteiger partial charge on any atom is 0.407 e. The lowest BCUT2D eigenvalue weighted by atomic mass is 9.78. The number of ether oxygens (including phenoxy) is 1. The molecule has 3 rings (SSSR count). The van der Waals surface area contributed by atoms with Crippen molar-refractivity contribution in [3.63, 3.8) is 0 Å². The number of halogens is 1. The van der Waals surface area contributed by atoms with Gasteiger partial charge in [0.2, 0.25) is 0 Å². The van der Waals surface area contributed by atoms with Crippen LogP contribution < -0.4 is 5.32 Å². The second kappa shape index (κ2) is 9.83. The highest BCUT2D eigenvalue weighted by Crippen LogP contribution is 2.42. The molecule has 2 N–H and O–H groups in total. The summed E-state index contributed by atoms with van der Waals surface area (Å²) in [5.74, 6) is -3.13. The summed E-state index contributed by atoms with van der Waals surface area (Å²) in [6.07, 6.45) is 2.62. The Balaban J connectivity index is 2.16. The number of carboxylic acids is 1. The number of carboxylic acid groups (broad SMARTS) is 1. The number of fused-ring (bicyclic) bond motifs is 1. The molecule has 0 saturated heterocycles. The summed E-state index contributed by atoms with van der Waals surface area (Å²) in [4.78, 5) is 38.6. The van der Waals surface area contributed by atoms with E-state index >= 15 is 0 Å². The van der Waals surface area contributed by atoms with E-state index in [1.807, 2.05) is 24.9 Å². The zero-order valence-corrected chi connectivity index (χ0v) is 20.1. The molecule has 1 aliphatic heterocycles. The quantitative estimate of drug-likeness (QED) is 0.594. The third-order valence-corrected chi connectivity index (χ3v) is 5.35. The van der Waals surface area contributed by atoms with Gasteiger partial charge in [-0.2, -0.15) is 0 Å². The van der Waals surface area contributed by atoms with Crippen LogP contribution in [0.15, 0.2) is 53.4 Å². The van der Waals surface area contributed by atoms with Gasteiger partial charge in [0.05, 0.1) is 6.54 Å². The number of carbonyl (C=O) groups is 3. The van der Waals surface area contributed by atoms with Gasteiger partial charge in [0.25, 0.3) is 0 Å². The van der Waals surface area contributed by atoms with Crippen LogP contribution in [0.4, 0.5) is 9.18 Å². The molecule has 1 amide bonds. The van der Waals surface area contributed by atoms with E-state index in [-0.39, 0.29) is 18.9 Å². The van der Waals surface area contributed by atoms with Crippen molar-refractivity contribution in [3.8, 4) is 0 Å². The molecule has 0 radical (unpaired) electrons. The van der Waals surface area contributed by atoms with Gasteiger partial charge >= 0.3 is 12.1 Å². The molecule has 8 heteroatoms. The van der Waals surface area contributed by atoms with Crippen LogP contribution in [0.1, 0.15) is 46.6 Å². The monoisotopic (exact) mass is 470 g/mol. The fraction of sp³-hybridized carbons (Fsp3) is 0.423. The first-order valence-corrected chi connectivity index (χ1v) is 11.3. The van der Waals surface area contributed by atoms with Crippen molar-refractivity contribution >= 4 is 23.4 Å². The predicted molar refractivity (Wildman–Crippen MR) is 126 cm³/mol. The third-order valence-electron chi connectivity index (χ3n) is 5.35. The number of Topliss-reactive ketones (excluding diaryl/α,β-unsaturated/α-hetero) is 1. The minimum Gasteiger partial charge on any atom is -0.480 e. The van der Waals surface area contributed by atoms with Gasteiger partial charge in [-0.25, -0.2) is 9.18 Å². The Morgan fingerprint density at radius 3 is 2.59 bits per heavy atom. The van der Waals surface area contributed by atoms with E-state index in [0.29, 0.717) is 34.5 Å². The lowest BCUT2D eigenvalue weighted by Gasteiger charge is -2.37. The van der Waals surface area contributed by atoms with Gasteiger partial charge in [-0.3, -0.25) is 9.59 Å². The molecule has 182 valence electrons. The molecule has 1 aromatic rings.